The number of carbonyl (C=O) groups excluding carboxylic acids is 1. The Kier molecular flexibility index (Phi) is 3.72. The van der Waals surface area contributed by atoms with Crippen molar-refractivity contribution in [3.8, 4) is 0 Å². The average Bonchev–Trinajstić information content (AvgIpc) is 2.81. The summed E-state index contributed by atoms with van der Waals surface area (Å²) in [5, 5.41) is 6.72. The van der Waals surface area contributed by atoms with Crippen LogP contribution >= 0.6 is 0 Å². The summed E-state index contributed by atoms with van der Waals surface area (Å²) in [5.74, 6) is -0.531. The first-order valence-corrected chi connectivity index (χ1v) is 5.69. The Morgan fingerprint density at radius 3 is 3.00 bits per heavy atom. The lowest BCUT2D eigenvalue weighted by Gasteiger charge is -2.12. The fourth-order valence-electron chi connectivity index (χ4n) is 1.68. The second kappa shape index (κ2) is 5.44. The van der Waals surface area contributed by atoms with Crippen LogP contribution in [0.5, 0.6) is 0 Å². The number of amides is 1. The third-order valence-corrected chi connectivity index (χ3v) is 2.57. The van der Waals surface area contributed by atoms with Gasteiger partial charge in [0.15, 0.2) is 0 Å². The molecular weight excluding hydrogens is 233 g/mol. The van der Waals surface area contributed by atoms with E-state index in [4.69, 9.17) is 0 Å². The molecule has 2 rings (SSSR count). The first-order valence-electron chi connectivity index (χ1n) is 5.69. The zero-order valence-corrected chi connectivity index (χ0v) is 10.0. The third kappa shape index (κ3) is 3.16. The summed E-state index contributed by atoms with van der Waals surface area (Å²) in [7, 11) is 0. The Morgan fingerprint density at radius 2 is 2.33 bits per heavy atom. The minimum absolute atomic E-state index is 0.0337. The van der Waals surface area contributed by atoms with Crippen molar-refractivity contribution < 1.29 is 9.18 Å². The van der Waals surface area contributed by atoms with Crippen LogP contribution in [0.3, 0.4) is 0 Å². The van der Waals surface area contributed by atoms with E-state index in [1.54, 1.807) is 35.3 Å². The van der Waals surface area contributed by atoms with Crippen molar-refractivity contribution in [2.75, 3.05) is 5.32 Å². The van der Waals surface area contributed by atoms with E-state index in [0.717, 1.165) is 0 Å². The Morgan fingerprint density at radius 1 is 1.50 bits per heavy atom. The fourth-order valence-corrected chi connectivity index (χ4v) is 1.68. The molecule has 0 fully saturated rings. The molecule has 1 heterocycles. The van der Waals surface area contributed by atoms with Crippen LogP contribution in [0.2, 0.25) is 0 Å². The van der Waals surface area contributed by atoms with Gasteiger partial charge >= 0.3 is 0 Å². The Hall–Kier alpha value is -2.17. The van der Waals surface area contributed by atoms with Crippen molar-refractivity contribution in [3.05, 3.63) is 48.5 Å². The van der Waals surface area contributed by atoms with E-state index in [1.807, 2.05) is 6.92 Å². The minimum Gasteiger partial charge on any atom is -0.326 e. The molecule has 1 N–H and O–H groups in total. The molecule has 2 aromatic rings. The van der Waals surface area contributed by atoms with Gasteiger partial charge in [-0.15, -0.1) is 0 Å². The number of rotatable bonds is 4. The van der Waals surface area contributed by atoms with Gasteiger partial charge in [0.05, 0.1) is 6.04 Å². The van der Waals surface area contributed by atoms with Crippen LogP contribution in [-0.2, 0) is 4.79 Å². The smallest absolute Gasteiger partial charge is 0.226 e. The molecule has 0 unspecified atom stereocenters. The summed E-state index contributed by atoms with van der Waals surface area (Å²) < 4.78 is 14.7. The molecule has 0 radical (unpaired) electrons. The van der Waals surface area contributed by atoms with Gasteiger partial charge in [-0.3, -0.25) is 9.48 Å². The molecule has 0 saturated carbocycles. The fraction of sp³-hybridized carbons (Fsp3) is 0.231. The number of halogens is 1. The number of nitrogens with one attached hydrogen (secondary N) is 1. The first-order chi connectivity index (χ1) is 8.65. The van der Waals surface area contributed by atoms with Gasteiger partial charge in [-0.2, -0.15) is 5.10 Å². The standard InChI is InChI=1S/C13H14FN3O/c1-10(17-7-3-6-15-17)8-13(18)16-12-5-2-4-11(14)9-12/h2-7,9-10H,8H2,1H3,(H,16,18)/t10-/m0/s1. The van der Waals surface area contributed by atoms with Crippen molar-refractivity contribution in [2.24, 2.45) is 0 Å². The Bertz CT molecular complexity index is 525. The summed E-state index contributed by atoms with van der Waals surface area (Å²) in [6.45, 7) is 1.90. The normalized spacial score (nSPS) is 12.1. The van der Waals surface area contributed by atoms with Gasteiger partial charge < -0.3 is 5.32 Å². The van der Waals surface area contributed by atoms with Crippen molar-refractivity contribution >= 4 is 11.6 Å². The highest BCUT2D eigenvalue weighted by Gasteiger charge is 2.11. The number of aromatic nitrogens is 2. The number of carbonyl (C=O) groups is 1. The summed E-state index contributed by atoms with van der Waals surface area (Å²) in [6.07, 6.45) is 3.76. The van der Waals surface area contributed by atoms with E-state index in [-0.39, 0.29) is 24.2 Å². The molecule has 0 aliphatic rings. The van der Waals surface area contributed by atoms with Crippen LogP contribution in [0.1, 0.15) is 19.4 Å². The lowest BCUT2D eigenvalue weighted by molar-refractivity contribution is -0.116. The third-order valence-electron chi connectivity index (χ3n) is 2.57. The number of nitrogens with zero attached hydrogens (tertiary/aromatic N) is 2. The monoisotopic (exact) mass is 247 g/mol. The Labute approximate surface area is 104 Å². The summed E-state index contributed by atoms with van der Waals surface area (Å²) in [4.78, 5) is 11.8. The van der Waals surface area contributed by atoms with E-state index in [0.29, 0.717) is 5.69 Å². The molecule has 1 aromatic carbocycles. The molecule has 0 saturated heterocycles. The quantitative estimate of drug-likeness (QED) is 0.902. The SMILES string of the molecule is C[C@@H](CC(=O)Nc1cccc(F)c1)n1cccn1. The summed E-state index contributed by atoms with van der Waals surface area (Å²) >= 11 is 0. The number of hydrogen-bond donors (Lipinski definition) is 1. The largest absolute Gasteiger partial charge is 0.326 e. The topological polar surface area (TPSA) is 46.9 Å². The second-order valence-corrected chi connectivity index (χ2v) is 4.10. The molecule has 0 aliphatic carbocycles. The van der Waals surface area contributed by atoms with Gasteiger partial charge in [-0.05, 0) is 31.2 Å². The molecule has 4 nitrogen and oxygen atoms in total. The van der Waals surface area contributed by atoms with E-state index in [9.17, 15) is 9.18 Å². The van der Waals surface area contributed by atoms with E-state index in [2.05, 4.69) is 10.4 Å². The van der Waals surface area contributed by atoms with Crippen molar-refractivity contribution in [1.29, 1.82) is 0 Å². The van der Waals surface area contributed by atoms with Crippen LogP contribution in [0.15, 0.2) is 42.7 Å². The molecule has 1 atom stereocenters. The van der Waals surface area contributed by atoms with Crippen LogP contribution in [0.25, 0.3) is 0 Å². The van der Waals surface area contributed by atoms with Crippen molar-refractivity contribution in [1.82, 2.24) is 9.78 Å². The molecule has 0 aliphatic heterocycles. The first kappa shape index (κ1) is 12.3. The van der Waals surface area contributed by atoms with Crippen molar-refractivity contribution in [2.45, 2.75) is 19.4 Å². The zero-order valence-electron chi connectivity index (χ0n) is 10.0. The van der Waals surface area contributed by atoms with E-state index in [1.165, 1.54) is 12.1 Å². The van der Waals surface area contributed by atoms with E-state index < -0.39 is 0 Å². The molecular formula is C13H14FN3O. The van der Waals surface area contributed by atoms with Gasteiger partial charge in [0.2, 0.25) is 5.91 Å². The molecule has 0 spiro atoms. The predicted molar refractivity (Wildman–Crippen MR) is 66.6 cm³/mol. The molecule has 5 heteroatoms. The van der Waals surface area contributed by atoms with Gasteiger partial charge in [-0.1, -0.05) is 6.07 Å². The van der Waals surface area contributed by atoms with Crippen LogP contribution in [0.4, 0.5) is 10.1 Å². The lowest BCUT2D eigenvalue weighted by Crippen LogP contribution is -2.17. The lowest BCUT2D eigenvalue weighted by atomic mass is 10.2. The minimum atomic E-state index is -0.368. The highest BCUT2D eigenvalue weighted by molar-refractivity contribution is 5.90. The summed E-state index contributed by atoms with van der Waals surface area (Å²) in [6, 6.07) is 7.61. The molecule has 1 amide bonds. The number of benzene rings is 1. The van der Waals surface area contributed by atoms with Crippen LogP contribution in [0, 0.1) is 5.82 Å². The maximum atomic E-state index is 12.9. The van der Waals surface area contributed by atoms with Gasteiger partial charge in [-0.25, -0.2) is 4.39 Å². The number of anilines is 1. The van der Waals surface area contributed by atoms with E-state index >= 15 is 0 Å². The highest BCUT2D eigenvalue weighted by Crippen LogP contribution is 2.13. The Balaban J connectivity index is 1.93. The summed E-state index contributed by atoms with van der Waals surface area (Å²) in [5.41, 5.74) is 0.465. The van der Waals surface area contributed by atoms with Crippen LogP contribution < -0.4 is 5.32 Å². The van der Waals surface area contributed by atoms with Crippen molar-refractivity contribution in [3.63, 3.8) is 0 Å². The average molecular weight is 247 g/mol. The zero-order chi connectivity index (χ0) is 13.0. The maximum absolute atomic E-state index is 12.9. The molecule has 18 heavy (non-hydrogen) atoms. The number of hydrogen-bond acceptors (Lipinski definition) is 2. The predicted octanol–water partition coefficient (Wildman–Crippen LogP) is 2.61. The molecule has 1 aromatic heterocycles. The van der Waals surface area contributed by atoms with Gasteiger partial charge in [0, 0.05) is 24.5 Å². The maximum Gasteiger partial charge on any atom is 0.226 e. The van der Waals surface area contributed by atoms with Crippen LogP contribution in [-0.4, -0.2) is 15.7 Å². The highest BCUT2D eigenvalue weighted by atomic mass is 19.1. The van der Waals surface area contributed by atoms with Gasteiger partial charge in [0.25, 0.3) is 0 Å². The molecule has 0 bridgehead atoms. The van der Waals surface area contributed by atoms with Gasteiger partial charge in [0.1, 0.15) is 5.82 Å². The molecule has 94 valence electrons. The second-order valence-electron chi connectivity index (χ2n) is 4.10.